The summed E-state index contributed by atoms with van der Waals surface area (Å²) in [5.74, 6) is 0. The van der Waals surface area contributed by atoms with Gasteiger partial charge < -0.3 is 100 Å². The van der Waals surface area contributed by atoms with Crippen molar-refractivity contribution in [2.75, 3.05) is 142 Å². The molecule has 0 amide bonds. The fraction of sp³-hybridized carbons (Fsp3) is 1.00. The summed E-state index contributed by atoms with van der Waals surface area (Å²) in [5.41, 5.74) is 0. The molecule has 0 rings (SSSR count). The van der Waals surface area contributed by atoms with Crippen LogP contribution in [0, 0.1) is 0 Å². The zero-order valence-electron chi connectivity index (χ0n) is 23.5. The van der Waals surface area contributed by atoms with Gasteiger partial charge in [-0.05, 0) is 0 Å². The first-order chi connectivity index (χ1) is 20.9. The van der Waals surface area contributed by atoms with Crippen molar-refractivity contribution in [2.24, 2.45) is 0 Å². The number of hydrogen-bond donors (Lipinski definition) is 2. The molecule has 0 fully saturated rings. The summed E-state index contributed by atoms with van der Waals surface area (Å²) < 4.78 is 94.3. The van der Waals surface area contributed by atoms with Gasteiger partial charge >= 0.3 is 0 Å². The lowest BCUT2D eigenvalue weighted by Crippen LogP contribution is -2.13. The van der Waals surface area contributed by atoms with E-state index in [0.717, 1.165) is 0 Å². The van der Waals surface area contributed by atoms with Crippen molar-refractivity contribution in [3.05, 3.63) is 0 Å². The first-order valence-corrected chi connectivity index (χ1v) is 12.1. The highest BCUT2D eigenvalue weighted by Gasteiger charge is 1.95. The molecule has 254 valence electrons. The molecule has 0 unspecified atom stereocenters. The van der Waals surface area contributed by atoms with Crippen LogP contribution in [0.4, 0.5) is 0 Å². The number of aliphatic hydroxyl groups excluding tert-OH is 2. The van der Waals surface area contributed by atoms with Crippen LogP contribution in [0.15, 0.2) is 0 Å². The maximum atomic E-state index is 8.50. The van der Waals surface area contributed by atoms with Gasteiger partial charge in [0.05, 0.1) is 13.2 Å². The molecule has 21 nitrogen and oxygen atoms in total. The molecule has 0 aliphatic carbocycles. The molecule has 42 heavy (non-hydrogen) atoms. The van der Waals surface area contributed by atoms with Gasteiger partial charge in [-0.15, -0.1) is 0 Å². The highest BCUT2D eigenvalue weighted by atomic mass is 16.9. The molecule has 0 radical (unpaired) electrons. The maximum absolute atomic E-state index is 8.50. The molecule has 0 saturated carbocycles. The summed E-state index contributed by atoms with van der Waals surface area (Å²) >= 11 is 0. The number of aliphatic hydroxyl groups is 2. The predicted molar refractivity (Wildman–Crippen MR) is 127 cm³/mol. The Morgan fingerprint density at radius 2 is 0.381 bits per heavy atom. The Hall–Kier alpha value is -0.840. The lowest BCUT2D eigenvalue weighted by molar-refractivity contribution is -0.241. The van der Waals surface area contributed by atoms with E-state index in [0.29, 0.717) is 0 Å². The van der Waals surface area contributed by atoms with Gasteiger partial charge in [0.15, 0.2) is 115 Å². The van der Waals surface area contributed by atoms with E-state index in [4.69, 9.17) is 95.5 Å². The second kappa shape index (κ2) is 40.2. The summed E-state index contributed by atoms with van der Waals surface area (Å²) in [6.45, 7) is -1.19. The lowest BCUT2D eigenvalue weighted by atomic mass is 10.8. The summed E-state index contributed by atoms with van der Waals surface area (Å²) in [7, 11) is 0. The molecule has 0 aromatic rings. The van der Waals surface area contributed by atoms with Crippen LogP contribution in [0.5, 0.6) is 0 Å². The minimum atomic E-state index is -0.425. The molecule has 0 aromatic heterocycles. The molecule has 0 saturated heterocycles. The van der Waals surface area contributed by atoms with Gasteiger partial charge in [-0.25, -0.2) is 0 Å². The van der Waals surface area contributed by atoms with Crippen LogP contribution < -0.4 is 0 Å². The van der Waals surface area contributed by atoms with Crippen LogP contribution in [-0.4, -0.2) is 152 Å². The Balaban J connectivity index is 3.02. The summed E-state index contributed by atoms with van der Waals surface area (Å²) in [6, 6.07) is 0. The van der Waals surface area contributed by atoms with Crippen molar-refractivity contribution in [1.82, 2.24) is 0 Å². The van der Waals surface area contributed by atoms with E-state index in [2.05, 4.69) is 4.74 Å². The molecule has 0 atom stereocenters. The average Bonchev–Trinajstić information content (AvgIpc) is 3.00. The Bertz CT molecular complexity index is 428. The number of ether oxygens (including phenoxy) is 19. The molecule has 0 aromatic carbocycles. The minimum Gasteiger partial charge on any atom is -0.394 e. The summed E-state index contributed by atoms with van der Waals surface area (Å²) in [6.07, 6.45) is 0. The fourth-order valence-electron chi connectivity index (χ4n) is 1.80. The van der Waals surface area contributed by atoms with E-state index < -0.39 is 6.79 Å². The standard InChI is InChI=1S/C21H44O21/c22-1-2-24-4-26-6-28-8-30-10-32-12-34-14-36-16-38-18-40-20-42-21-41-19-39-17-37-15-35-13-33-11-31-9-29-7-27-5-25-3-23/h22-23H,1-21H2. The monoisotopic (exact) mass is 632 g/mol. The van der Waals surface area contributed by atoms with E-state index in [1.54, 1.807) is 0 Å². The van der Waals surface area contributed by atoms with Crippen molar-refractivity contribution in [1.29, 1.82) is 0 Å². The third-order valence-electron chi connectivity index (χ3n) is 3.33. The molecular formula is C21H44O21. The first kappa shape index (κ1) is 41.2. The second-order valence-electron chi connectivity index (χ2n) is 6.56. The van der Waals surface area contributed by atoms with E-state index in [1.165, 1.54) is 0 Å². The Morgan fingerprint density at radius 1 is 0.214 bits per heavy atom. The van der Waals surface area contributed by atoms with Crippen LogP contribution in [0.3, 0.4) is 0 Å². The minimum absolute atomic E-state index is 0.0142. The zero-order chi connectivity index (χ0) is 30.3. The van der Waals surface area contributed by atoms with Gasteiger partial charge in [0, 0.05) is 0 Å². The van der Waals surface area contributed by atoms with Crippen LogP contribution in [0.2, 0.25) is 0 Å². The topological polar surface area (TPSA) is 216 Å². The molecule has 0 spiro atoms. The molecule has 0 bridgehead atoms. The molecule has 2 N–H and O–H groups in total. The van der Waals surface area contributed by atoms with Gasteiger partial charge in [-0.1, -0.05) is 0 Å². The van der Waals surface area contributed by atoms with Crippen molar-refractivity contribution in [3.8, 4) is 0 Å². The second-order valence-corrected chi connectivity index (χ2v) is 6.56. The fourth-order valence-corrected chi connectivity index (χ4v) is 1.80. The van der Waals surface area contributed by atoms with Crippen molar-refractivity contribution in [3.63, 3.8) is 0 Å². The molecule has 21 heteroatoms. The van der Waals surface area contributed by atoms with Gasteiger partial charge in [0.1, 0.15) is 13.6 Å². The van der Waals surface area contributed by atoms with Crippen LogP contribution in [-0.2, 0) is 90.0 Å². The van der Waals surface area contributed by atoms with Crippen molar-refractivity contribution in [2.45, 2.75) is 0 Å². The van der Waals surface area contributed by atoms with Gasteiger partial charge in [0.2, 0.25) is 0 Å². The quantitative estimate of drug-likeness (QED) is 0.0581. The molecule has 0 aliphatic rings. The first-order valence-electron chi connectivity index (χ1n) is 12.1. The predicted octanol–water partition coefficient (Wildman–Crippen LogP) is -1.52. The van der Waals surface area contributed by atoms with Gasteiger partial charge in [-0.3, -0.25) is 0 Å². The molecule has 0 aliphatic heterocycles. The van der Waals surface area contributed by atoms with Crippen LogP contribution >= 0.6 is 0 Å². The Morgan fingerprint density at radius 3 is 0.548 bits per heavy atom. The van der Waals surface area contributed by atoms with Gasteiger partial charge in [-0.2, -0.15) is 0 Å². The number of rotatable bonds is 39. The average molecular weight is 633 g/mol. The maximum Gasteiger partial charge on any atom is 0.152 e. The highest BCUT2D eigenvalue weighted by Crippen LogP contribution is 1.89. The molecular weight excluding hydrogens is 588 g/mol. The Kier molecular flexibility index (Phi) is 39.4. The third-order valence-corrected chi connectivity index (χ3v) is 3.33. The number of hydrogen-bond acceptors (Lipinski definition) is 21. The van der Waals surface area contributed by atoms with E-state index in [1.807, 2.05) is 0 Å². The highest BCUT2D eigenvalue weighted by molar-refractivity contribution is 4.17. The SMILES string of the molecule is OCCOCOCOCOCOCOCOCOCOCOCOCOCOCOCOCOCOCOCOCO. The normalized spacial score (nSPS) is 11.6. The van der Waals surface area contributed by atoms with Crippen molar-refractivity contribution >= 4 is 0 Å². The van der Waals surface area contributed by atoms with E-state index in [9.17, 15) is 0 Å². The van der Waals surface area contributed by atoms with E-state index in [-0.39, 0.29) is 135 Å². The summed E-state index contributed by atoms with van der Waals surface area (Å²) in [5, 5.41) is 16.8. The third kappa shape index (κ3) is 39.2. The Labute approximate surface area is 243 Å². The largest absolute Gasteiger partial charge is 0.394 e. The van der Waals surface area contributed by atoms with E-state index >= 15 is 0 Å². The van der Waals surface area contributed by atoms with Crippen molar-refractivity contribution < 1.29 is 100 Å². The van der Waals surface area contributed by atoms with Gasteiger partial charge in [0.25, 0.3) is 0 Å². The zero-order valence-corrected chi connectivity index (χ0v) is 23.5. The lowest BCUT2D eigenvalue weighted by Gasteiger charge is -2.10. The van der Waals surface area contributed by atoms with Crippen LogP contribution in [0.25, 0.3) is 0 Å². The smallest absolute Gasteiger partial charge is 0.152 e. The van der Waals surface area contributed by atoms with Crippen LogP contribution in [0.1, 0.15) is 0 Å². The molecule has 0 heterocycles. The summed E-state index contributed by atoms with van der Waals surface area (Å²) in [4.78, 5) is 0.